The molecule has 0 heterocycles. The van der Waals surface area contributed by atoms with Crippen LogP contribution >= 0.6 is 0 Å². The van der Waals surface area contributed by atoms with Crippen molar-refractivity contribution in [3.63, 3.8) is 0 Å². The number of benzene rings is 10. The maximum Gasteiger partial charge on any atom is 0.0159 e. The van der Waals surface area contributed by atoms with Crippen molar-refractivity contribution in [3.05, 3.63) is 205 Å². The Balaban J connectivity index is 1.16. The van der Waals surface area contributed by atoms with Gasteiger partial charge < -0.3 is 0 Å². The van der Waals surface area contributed by atoms with Gasteiger partial charge in [-0.15, -0.1) is 0 Å². The molecule has 0 fully saturated rings. The van der Waals surface area contributed by atoms with Crippen LogP contribution in [0.4, 0.5) is 0 Å². The van der Waals surface area contributed by atoms with Crippen molar-refractivity contribution < 1.29 is 0 Å². The second-order valence-corrected chi connectivity index (χ2v) is 15.6. The molecule has 0 bridgehead atoms. The van der Waals surface area contributed by atoms with E-state index in [9.17, 15) is 0 Å². The molecule has 0 saturated heterocycles. The summed E-state index contributed by atoms with van der Waals surface area (Å²) in [6, 6.07) is 72.2. The molecule has 10 aromatic rings. The minimum Gasteiger partial charge on any atom is -0.0622 e. The second-order valence-electron chi connectivity index (χ2n) is 15.6. The Morgan fingerprint density at radius 3 is 1.60 bits per heavy atom. The van der Waals surface area contributed by atoms with Crippen LogP contribution in [-0.4, -0.2) is 0 Å². The lowest BCUT2D eigenvalue weighted by atomic mass is 9.80. The fraction of sp³-hybridized carbons (Fsp3) is 0.0545. The lowest BCUT2D eigenvalue weighted by Gasteiger charge is -2.23. The van der Waals surface area contributed by atoms with Crippen LogP contribution < -0.4 is 0 Å². The minimum absolute atomic E-state index is 0.112. The predicted octanol–water partition coefficient (Wildman–Crippen LogP) is 15.3. The Morgan fingerprint density at radius 1 is 0.291 bits per heavy atom. The molecule has 55 heavy (non-hydrogen) atoms. The number of hydrogen-bond acceptors (Lipinski definition) is 0. The van der Waals surface area contributed by atoms with Gasteiger partial charge in [0.2, 0.25) is 0 Å². The van der Waals surface area contributed by atoms with Gasteiger partial charge in [0, 0.05) is 5.41 Å². The molecule has 0 aliphatic heterocycles. The van der Waals surface area contributed by atoms with Gasteiger partial charge in [-0.25, -0.2) is 0 Å². The highest BCUT2D eigenvalue weighted by molar-refractivity contribution is 6.28. The first-order chi connectivity index (χ1) is 27.0. The van der Waals surface area contributed by atoms with Crippen LogP contribution in [0.2, 0.25) is 0 Å². The molecule has 11 rings (SSSR count). The third-order valence-corrected chi connectivity index (χ3v) is 12.2. The second kappa shape index (κ2) is 12.1. The van der Waals surface area contributed by atoms with E-state index in [0.717, 1.165) is 0 Å². The van der Waals surface area contributed by atoms with E-state index < -0.39 is 0 Å². The van der Waals surface area contributed by atoms with Gasteiger partial charge in [0.25, 0.3) is 0 Å². The Hall–Kier alpha value is -6.76. The Kier molecular flexibility index (Phi) is 7.00. The van der Waals surface area contributed by atoms with Gasteiger partial charge in [0.05, 0.1) is 0 Å². The van der Waals surface area contributed by atoms with E-state index in [1.807, 2.05) is 0 Å². The highest BCUT2D eigenvalue weighted by Crippen LogP contribution is 2.52. The summed E-state index contributed by atoms with van der Waals surface area (Å²) in [5.41, 5.74) is 15.4. The van der Waals surface area contributed by atoms with E-state index in [4.69, 9.17) is 0 Å². The molecule has 0 atom stereocenters. The number of rotatable bonds is 4. The Labute approximate surface area is 322 Å². The summed E-state index contributed by atoms with van der Waals surface area (Å²) in [7, 11) is 0. The maximum absolute atomic E-state index is 2.47. The van der Waals surface area contributed by atoms with E-state index in [2.05, 4.69) is 208 Å². The molecular weight excluding hydrogens is 661 g/mol. The van der Waals surface area contributed by atoms with E-state index in [1.54, 1.807) is 0 Å². The van der Waals surface area contributed by atoms with Gasteiger partial charge in [-0.3, -0.25) is 0 Å². The molecular formula is C55H38. The standard InChI is InChI=1S/C55H38/c1-55(2)50-34-40(26-29-44(50)49-31-38-20-9-10-21-39(38)33-51(49)55)42-28-27-41(32-48(42)35-15-5-3-6-16-35)52-45-23-13-14-24-46(45)53(37-18-7-4-8-19-37)54-43-22-12-11-17-36(43)25-30-47(52)54/h3-34H,1-2H3. The normalized spacial score (nSPS) is 13.1. The maximum atomic E-state index is 2.47. The van der Waals surface area contributed by atoms with Crippen LogP contribution in [0.25, 0.3) is 98.7 Å². The molecule has 1 aliphatic rings. The van der Waals surface area contributed by atoms with Crippen LogP contribution in [0.3, 0.4) is 0 Å². The van der Waals surface area contributed by atoms with Crippen LogP contribution in [-0.2, 0) is 5.41 Å². The van der Waals surface area contributed by atoms with Crippen molar-refractivity contribution in [2.24, 2.45) is 0 Å². The fourth-order valence-electron chi connectivity index (χ4n) is 9.56. The quantitative estimate of drug-likeness (QED) is 0.127. The zero-order valence-corrected chi connectivity index (χ0v) is 31.0. The van der Waals surface area contributed by atoms with Crippen LogP contribution in [0, 0.1) is 0 Å². The molecule has 0 N–H and O–H groups in total. The first-order valence-electron chi connectivity index (χ1n) is 19.3. The molecule has 0 radical (unpaired) electrons. The zero-order chi connectivity index (χ0) is 36.7. The van der Waals surface area contributed by atoms with Gasteiger partial charge in [0.1, 0.15) is 0 Å². The fourth-order valence-corrected chi connectivity index (χ4v) is 9.56. The molecule has 0 saturated carbocycles. The minimum atomic E-state index is -0.112. The first kappa shape index (κ1) is 31.7. The summed E-state index contributed by atoms with van der Waals surface area (Å²) in [5.74, 6) is 0. The molecule has 0 unspecified atom stereocenters. The molecule has 0 aromatic heterocycles. The van der Waals surface area contributed by atoms with Crippen LogP contribution in [0.15, 0.2) is 194 Å². The molecule has 1 aliphatic carbocycles. The van der Waals surface area contributed by atoms with Crippen molar-refractivity contribution in [1.82, 2.24) is 0 Å². The summed E-state index contributed by atoms with van der Waals surface area (Å²) in [5, 5.41) is 10.2. The van der Waals surface area contributed by atoms with Crippen molar-refractivity contribution in [2.75, 3.05) is 0 Å². The van der Waals surface area contributed by atoms with Crippen molar-refractivity contribution in [1.29, 1.82) is 0 Å². The van der Waals surface area contributed by atoms with Crippen molar-refractivity contribution in [3.8, 4) is 55.6 Å². The predicted molar refractivity (Wildman–Crippen MR) is 236 cm³/mol. The molecule has 0 spiro atoms. The zero-order valence-electron chi connectivity index (χ0n) is 31.0. The van der Waals surface area contributed by atoms with Crippen LogP contribution in [0.1, 0.15) is 25.0 Å². The Bertz CT molecular complexity index is 3150. The van der Waals surface area contributed by atoms with Gasteiger partial charge in [0.15, 0.2) is 0 Å². The highest BCUT2D eigenvalue weighted by Gasteiger charge is 2.36. The smallest absolute Gasteiger partial charge is 0.0159 e. The van der Waals surface area contributed by atoms with Gasteiger partial charge in [-0.05, 0) is 134 Å². The number of fused-ring (bicyclic) bond motifs is 8. The van der Waals surface area contributed by atoms with Crippen LogP contribution in [0.5, 0.6) is 0 Å². The highest BCUT2D eigenvalue weighted by atomic mass is 14.4. The SMILES string of the molecule is CC1(C)c2cc(-c3ccc(-c4c5ccccc5c(-c5ccccc5)c5c4ccc4ccccc45)cc3-c3ccccc3)ccc2-c2cc3ccccc3cc21. The number of hydrogen-bond donors (Lipinski definition) is 0. The van der Waals surface area contributed by atoms with Gasteiger partial charge in [-0.2, -0.15) is 0 Å². The van der Waals surface area contributed by atoms with E-state index in [1.165, 1.54) is 110 Å². The molecule has 0 heteroatoms. The monoisotopic (exact) mass is 698 g/mol. The Morgan fingerprint density at radius 2 is 0.855 bits per heavy atom. The van der Waals surface area contributed by atoms with Crippen molar-refractivity contribution in [2.45, 2.75) is 19.3 Å². The van der Waals surface area contributed by atoms with Gasteiger partial charge >= 0.3 is 0 Å². The average Bonchev–Trinajstić information content (AvgIpc) is 3.46. The molecule has 0 amide bonds. The topological polar surface area (TPSA) is 0 Å². The lowest BCUT2D eigenvalue weighted by molar-refractivity contribution is 0.661. The lowest BCUT2D eigenvalue weighted by Crippen LogP contribution is -2.15. The van der Waals surface area contributed by atoms with Crippen molar-refractivity contribution >= 4 is 43.1 Å². The summed E-state index contributed by atoms with van der Waals surface area (Å²) < 4.78 is 0. The summed E-state index contributed by atoms with van der Waals surface area (Å²) in [6.45, 7) is 4.77. The van der Waals surface area contributed by atoms with E-state index >= 15 is 0 Å². The average molecular weight is 699 g/mol. The molecule has 10 aromatic carbocycles. The largest absolute Gasteiger partial charge is 0.0622 e. The first-order valence-corrected chi connectivity index (χ1v) is 19.3. The molecule has 258 valence electrons. The third-order valence-electron chi connectivity index (χ3n) is 12.2. The molecule has 0 nitrogen and oxygen atoms in total. The van der Waals surface area contributed by atoms with Gasteiger partial charge in [-0.1, -0.05) is 184 Å². The summed E-state index contributed by atoms with van der Waals surface area (Å²) in [4.78, 5) is 0. The third kappa shape index (κ3) is 4.85. The summed E-state index contributed by atoms with van der Waals surface area (Å²) in [6.07, 6.45) is 0. The summed E-state index contributed by atoms with van der Waals surface area (Å²) >= 11 is 0. The van der Waals surface area contributed by atoms with E-state index in [-0.39, 0.29) is 5.41 Å². The van der Waals surface area contributed by atoms with E-state index in [0.29, 0.717) is 0 Å².